The number of thioether (sulfide) groups is 1. The van der Waals surface area contributed by atoms with E-state index in [0.29, 0.717) is 0 Å². The number of hydrogen-bond donors (Lipinski definition) is 0. The van der Waals surface area contributed by atoms with Gasteiger partial charge in [-0.15, -0.1) is 11.8 Å². The molecule has 0 aromatic rings. The summed E-state index contributed by atoms with van der Waals surface area (Å²) in [6.07, 6.45) is 2.06. The van der Waals surface area contributed by atoms with Crippen molar-refractivity contribution in [3.63, 3.8) is 0 Å². The molecule has 0 heterocycles. The van der Waals surface area contributed by atoms with Crippen LogP contribution in [0, 0.1) is 0 Å². The van der Waals surface area contributed by atoms with Gasteiger partial charge >= 0.3 is 0 Å². The molecule has 0 bridgehead atoms. The van der Waals surface area contributed by atoms with Crippen molar-refractivity contribution in [2.45, 2.75) is 19.2 Å². The van der Waals surface area contributed by atoms with Crippen molar-refractivity contribution in [2.24, 2.45) is 0 Å². The average molecular weight is 128 g/mol. The molecule has 0 fully saturated rings. The summed E-state index contributed by atoms with van der Waals surface area (Å²) in [5.41, 5.74) is 0. The lowest BCUT2D eigenvalue weighted by Gasteiger charge is -2.18. The molecule has 0 N–H and O–H groups in total. The first-order chi connectivity index (χ1) is 3.48. The van der Waals surface area contributed by atoms with Gasteiger partial charge in [0, 0.05) is 0 Å². The Morgan fingerprint density at radius 1 is 1.62 bits per heavy atom. The molecule has 0 rings (SSSR count). The number of hydrogen-bond acceptors (Lipinski definition) is 1. The second kappa shape index (κ2) is 2.63. The average Bonchev–Trinajstić information content (AvgIpc) is 1.62. The van der Waals surface area contributed by atoms with Crippen molar-refractivity contribution in [1.29, 1.82) is 0 Å². The molecular formula is C6H13BS. The summed E-state index contributed by atoms with van der Waals surface area (Å²) in [5.74, 6) is 0. The Morgan fingerprint density at radius 3 is 2.00 bits per heavy atom. The van der Waals surface area contributed by atoms with Gasteiger partial charge in [0.2, 0.25) is 0 Å². The summed E-state index contributed by atoms with van der Waals surface area (Å²) in [4.78, 5) is 1.25. The fourth-order valence-corrected chi connectivity index (χ4v) is 0.919. The van der Waals surface area contributed by atoms with Gasteiger partial charge in [-0.05, 0) is 16.5 Å². The van der Waals surface area contributed by atoms with Gasteiger partial charge in [0.15, 0.2) is 0 Å². The minimum Gasteiger partial charge on any atom is -0.135 e. The van der Waals surface area contributed by atoms with Crippen LogP contribution in [0.25, 0.3) is 0 Å². The molecule has 0 spiro atoms. The van der Waals surface area contributed by atoms with Gasteiger partial charge in [-0.1, -0.05) is 20.4 Å². The molecule has 0 saturated heterocycles. The van der Waals surface area contributed by atoms with E-state index < -0.39 is 0 Å². The quantitative estimate of drug-likeness (QED) is 0.510. The first kappa shape index (κ1) is 8.15. The molecule has 2 heteroatoms. The molecule has 0 aliphatic carbocycles. The molecule has 8 heavy (non-hydrogen) atoms. The van der Waals surface area contributed by atoms with Gasteiger partial charge in [0.1, 0.15) is 7.85 Å². The zero-order valence-electron chi connectivity index (χ0n) is 6.12. The molecular weight excluding hydrogens is 115 g/mol. The minimum absolute atomic E-state index is 0.277. The fourth-order valence-electron chi connectivity index (χ4n) is 0.306. The van der Waals surface area contributed by atoms with Crippen LogP contribution in [0.4, 0.5) is 0 Å². The molecule has 0 aliphatic heterocycles. The zero-order chi connectivity index (χ0) is 6.78. The van der Waals surface area contributed by atoms with E-state index in [-0.39, 0.29) is 5.31 Å². The van der Waals surface area contributed by atoms with E-state index in [1.54, 1.807) is 11.8 Å². The zero-order valence-corrected chi connectivity index (χ0v) is 6.93. The van der Waals surface area contributed by atoms with E-state index in [0.717, 1.165) is 0 Å². The highest BCUT2D eigenvalue weighted by Gasteiger charge is 2.12. The Morgan fingerprint density at radius 2 is 2.00 bits per heavy atom. The Kier molecular flexibility index (Phi) is 2.68. The van der Waals surface area contributed by atoms with Crippen LogP contribution in [0.5, 0.6) is 0 Å². The normalized spacial score (nSPS) is 11.4. The van der Waals surface area contributed by atoms with Crippen molar-refractivity contribution >= 4 is 19.6 Å². The summed E-state index contributed by atoms with van der Waals surface area (Å²) in [6.45, 7) is 8.25. The maximum atomic E-state index is 3.91. The molecule has 0 amide bonds. The van der Waals surface area contributed by atoms with Crippen LogP contribution in [0.3, 0.4) is 0 Å². The predicted octanol–water partition coefficient (Wildman–Crippen LogP) is 1.69. The predicted molar refractivity (Wildman–Crippen MR) is 45.2 cm³/mol. The van der Waals surface area contributed by atoms with E-state index >= 15 is 0 Å². The van der Waals surface area contributed by atoms with Gasteiger partial charge in [-0.25, -0.2) is 0 Å². The van der Waals surface area contributed by atoms with Crippen molar-refractivity contribution < 1.29 is 0 Å². The molecule has 0 atom stereocenters. The summed E-state index contributed by atoms with van der Waals surface area (Å²) in [7, 11) is 2.17. The first-order valence-corrected chi connectivity index (χ1v) is 3.94. The largest absolute Gasteiger partial charge is 0.135 e. The van der Waals surface area contributed by atoms with Crippen LogP contribution in [-0.2, 0) is 0 Å². The van der Waals surface area contributed by atoms with Crippen LogP contribution < -0.4 is 0 Å². The minimum atomic E-state index is 0.277. The van der Waals surface area contributed by atoms with Crippen molar-refractivity contribution in [2.75, 3.05) is 6.26 Å². The van der Waals surface area contributed by atoms with Gasteiger partial charge < -0.3 is 0 Å². The van der Waals surface area contributed by atoms with Gasteiger partial charge in [0.25, 0.3) is 0 Å². The maximum absolute atomic E-state index is 3.91. The van der Waals surface area contributed by atoms with E-state index in [2.05, 4.69) is 34.5 Å². The maximum Gasteiger partial charge on any atom is 0.115 e. The third-order valence-corrected chi connectivity index (χ3v) is 2.19. The summed E-state index contributed by atoms with van der Waals surface area (Å²) in [5, 5.41) is 0.277. The summed E-state index contributed by atoms with van der Waals surface area (Å²) >= 11 is 1.74. The molecule has 0 unspecified atom stereocenters. The summed E-state index contributed by atoms with van der Waals surface area (Å²) < 4.78 is 0. The van der Waals surface area contributed by atoms with Crippen LogP contribution in [0.15, 0.2) is 11.5 Å². The highest BCUT2D eigenvalue weighted by molar-refractivity contribution is 8.02. The number of rotatable bonds is 2. The number of allylic oxidation sites excluding steroid dienone is 1. The summed E-state index contributed by atoms with van der Waals surface area (Å²) in [6, 6.07) is 0. The highest BCUT2D eigenvalue weighted by Crippen LogP contribution is 2.34. The van der Waals surface area contributed by atoms with Crippen LogP contribution in [0.1, 0.15) is 13.8 Å². The first-order valence-electron chi connectivity index (χ1n) is 2.72. The van der Waals surface area contributed by atoms with Gasteiger partial charge in [-0.2, -0.15) is 0 Å². The van der Waals surface area contributed by atoms with Crippen molar-refractivity contribution in [1.82, 2.24) is 0 Å². The standard InChI is InChI=1S/C6H13BS/c1-5(8-4)6(2,3)7/h1,7H2,2-4H3. The van der Waals surface area contributed by atoms with Gasteiger partial charge in [-0.3, -0.25) is 0 Å². The Balaban J connectivity index is 3.82. The monoisotopic (exact) mass is 128 g/mol. The molecule has 46 valence electrons. The molecule has 0 saturated carbocycles. The van der Waals surface area contributed by atoms with Crippen LogP contribution >= 0.6 is 11.8 Å². The molecule has 0 aromatic carbocycles. The molecule has 0 aromatic heterocycles. The fraction of sp³-hybridized carbons (Fsp3) is 0.667. The van der Waals surface area contributed by atoms with Gasteiger partial charge in [0.05, 0.1) is 0 Å². The van der Waals surface area contributed by atoms with E-state index in [1.165, 1.54) is 4.91 Å². The third-order valence-electron chi connectivity index (χ3n) is 1.08. The van der Waals surface area contributed by atoms with Crippen molar-refractivity contribution in [3.8, 4) is 0 Å². The lowest BCUT2D eigenvalue weighted by molar-refractivity contribution is 0.850. The Bertz CT molecular complexity index is 91.2. The van der Waals surface area contributed by atoms with Crippen molar-refractivity contribution in [3.05, 3.63) is 11.5 Å². The van der Waals surface area contributed by atoms with Crippen LogP contribution in [0.2, 0.25) is 5.31 Å². The second-order valence-electron chi connectivity index (χ2n) is 2.88. The van der Waals surface area contributed by atoms with E-state index in [1.807, 2.05) is 0 Å². The highest BCUT2D eigenvalue weighted by atomic mass is 32.2. The lowest BCUT2D eigenvalue weighted by atomic mass is 9.73. The van der Waals surface area contributed by atoms with Crippen LogP contribution in [-0.4, -0.2) is 14.1 Å². The lowest BCUT2D eigenvalue weighted by Crippen LogP contribution is -2.01. The van der Waals surface area contributed by atoms with E-state index in [9.17, 15) is 0 Å². The topological polar surface area (TPSA) is 0 Å². The molecule has 0 radical (unpaired) electrons. The molecule has 0 aliphatic rings. The van der Waals surface area contributed by atoms with E-state index in [4.69, 9.17) is 0 Å². The molecule has 0 nitrogen and oxygen atoms in total. The smallest absolute Gasteiger partial charge is 0.115 e. The third kappa shape index (κ3) is 2.46. The Labute approximate surface area is 57.1 Å². The Hall–Kier alpha value is 0.155. The SMILES string of the molecule is BC(C)(C)C(=C)SC. The second-order valence-corrected chi connectivity index (χ2v) is 3.78.